The molecule has 2 aliphatic heterocycles. The van der Waals surface area contributed by atoms with Gasteiger partial charge in [0.2, 0.25) is 0 Å². The first-order chi connectivity index (χ1) is 13.5. The van der Waals surface area contributed by atoms with Crippen LogP contribution in [0.4, 0.5) is 0 Å². The Kier molecular flexibility index (Phi) is 4.41. The molecule has 3 aliphatic rings. The van der Waals surface area contributed by atoms with Crippen molar-refractivity contribution in [3.8, 4) is 0 Å². The van der Waals surface area contributed by atoms with E-state index in [2.05, 4.69) is 16.1 Å². The molecular formula is C20H23ClN4O3. The molecule has 1 spiro atoms. The summed E-state index contributed by atoms with van der Waals surface area (Å²) in [6.07, 6.45) is 3.04. The molecule has 1 saturated heterocycles. The van der Waals surface area contributed by atoms with Crippen LogP contribution in [0, 0.1) is 5.92 Å². The molecule has 3 heterocycles. The Bertz CT molecular complexity index is 1030. The van der Waals surface area contributed by atoms with Crippen LogP contribution in [0.1, 0.15) is 30.7 Å². The molecule has 1 aromatic heterocycles. The van der Waals surface area contributed by atoms with Crippen molar-refractivity contribution in [3.63, 3.8) is 0 Å². The van der Waals surface area contributed by atoms with Crippen LogP contribution in [-0.2, 0) is 31.0 Å². The lowest BCUT2D eigenvalue weighted by atomic mass is 10.0. The molecule has 8 heteroatoms. The van der Waals surface area contributed by atoms with Gasteiger partial charge >= 0.3 is 11.1 Å². The van der Waals surface area contributed by atoms with Crippen LogP contribution >= 0.6 is 11.6 Å². The Morgan fingerprint density at radius 1 is 1.21 bits per heavy atom. The van der Waals surface area contributed by atoms with E-state index in [1.807, 2.05) is 18.2 Å². The SMILES string of the molecule is O=c1c(=O)n2c(nn1CC1CC1)CO[C@]1(CCN(Cc3cccc(Cl)c3)C1)C2. The van der Waals surface area contributed by atoms with Gasteiger partial charge in [-0.2, -0.15) is 5.10 Å². The van der Waals surface area contributed by atoms with E-state index in [1.54, 1.807) is 0 Å². The van der Waals surface area contributed by atoms with E-state index in [0.29, 0.717) is 24.8 Å². The fourth-order valence-electron chi connectivity index (χ4n) is 4.27. The highest BCUT2D eigenvalue weighted by Gasteiger charge is 2.43. The average molecular weight is 403 g/mol. The summed E-state index contributed by atoms with van der Waals surface area (Å²) in [5.41, 5.74) is -0.266. The molecule has 0 radical (unpaired) electrons. The molecule has 0 N–H and O–H groups in total. The van der Waals surface area contributed by atoms with E-state index in [1.165, 1.54) is 9.25 Å². The summed E-state index contributed by atoms with van der Waals surface area (Å²) < 4.78 is 9.09. The Labute approximate surface area is 167 Å². The van der Waals surface area contributed by atoms with Gasteiger partial charge in [0.25, 0.3) is 0 Å². The maximum atomic E-state index is 12.7. The van der Waals surface area contributed by atoms with E-state index in [0.717, 1.165) is 49.5 Å². The number of aromatic nitrogens is 3. The molecule has 0 unspecified atom stereocenters. The van der Waals surface area contributed by atoms with E-state index in [9.17, 15) is 9.59 Å². The minimum atomic E-state index is -0.513. The van der Waals surface area contributed by atoms with E-state index >= 15 is 0 Å². The van der Waals surface area contributed by atoms with Crippen molar-refractivity contribution in [2.24, 2.45) is 5.92 Å². The Hall–Kier alpha value is -1.96. The Morgan fingerprint density at radius 3 is 2.86 bits per heavy atom. The van der Waals surface area contributed by atoms with Gasteiger partial charge in [0, 0.05) is 31.2 Å². The number of hydrogen-bond acceptors (Lipinski definition) is 5. The van der Waals surface area contributed by atoms with Gasteiger partial charge in [0.1, 0.15) is 12.2 Å². The summed E-state index contributed by atoms with van der Waals surface area (Å²) in [5.74, 6) is 1.04. The standard InChI is InChI=1S/C20H23ClN4O3/c21-16-3-1-2-15(8-16)9-23-7-6-20(12-23)13-24-17(11-28-20)22-25(10-14-4-5-14)19(27)18(24)26/h1-3,8,14H,4-7,9-13H2/t20-/m0/s1. The van der Waals surface area contributed by atoms with Gasteiger partial charge in [-0.1, -0.05) is 23.7 Å². The summed E-state index contributed by atoms with van der Waals surface area (Å²) in [5, 5.41) is 5.15. The maximum absolute atomic E-state index is 12.7. The van der Waals surface area contributed by atoms with Crippen molar-refractivity contribution in [3.05, 3.63) is 61.4 Å². The lowest BCUT2D eigenvalue weighted by Gasteiger charge is -2.35. The lowest BCUT2D eigenvalue weighted by Crippen LogP contribution is -2.53. The molecule has 1 aromatic carbocycles. The van der Waals surface area contributed by atoms with Crippen molar-refractivity contribution in [1.29, 1.82) is 0 Å². The number of halogens is 1. The minimum Gasteiger partial charge on any atom is -0.364 e. The van der Waals surface area contributed by atoms with Crippen molar-refractivity contribution < 1.29 is 4.74 Å². The van der Waals surface area contributed by atoms with E-state index in [-0.39, 0.29) is 6.61 Å². The zero-order valence-corrected chi connectivity index (χ0v) is 16.4. The number of ether oxygens (including phenoxy) is 1. The van der Waals surface area contributed by atoms with Crippen LogP contribution in [0.3, 0.4) is 0 Å². The van der Waals surface area contributed by atoms with Crippen LogP contribution in [-0.4, -0.2) is 37.9 Å². The smallest absolute Gasteiger partial charge is 0.332 e. The zero-order valence-electron chi connectivity index (χ0n) is 15.6. The van der Waals surface area contributed by atoms with E-state index in [4.69, 9.17) is 16.3 Å². The topological polar surface area (TPSA) is 69.4 Å². The average Bonchev–Trinajstić information content (AvgIpc) is 3.41. The molecule has 0 bridgehead atoms. The number of likely N-dealkylation sites (tertiary alicyclic amines) is 1. The third-order valence-electron chi connectivity index (χ3n) is 5.98. The monoisotopic (exact) mass is 402 g/mol. The summed E-state index contributed by atoms with van der Waals surface area (Å²) in [4.78, 5) is 27.4. The van der Waals surface area contributed by atoms with Gasteiger partial charge in [-0.15, -0.1) is 0 Å². The predicted molar refractivity (Wildman–Crippen MR) is 104 cm³/mol. The Morgan fingerprint density at radius 2 is 2.07 bits per heavy atom. The van der Waals surface area contributed by atoms with Gasteiger partial charge in [0.05, 0.1) is 6.54 Å². The quantitative estimate of drug-likeness (QED) is 0.727. The second-order valence-electron chi connectivity index (χ2n) is 8.30. The van der Waals surface area contributed by atoms with Crippen LogP contribution in [0.2, 0.25) is 5.02 Å². The fourth-order valence-corrected chi connectivity index (χ4v) is 4.49. The van der Waals surface area contributed by atoms with Crippen LogP contribution in [0.5, 0.6) is 0 Å². The van der Waals surface area contributed by atoms with Gasteiger partial charge in [-0.05, 0) is 42.9 Å². The van der Waals surface area contributed by atoms with Crippen molar-refractivity contribution in [1.82, 2.24) is 19.2 Å². The van der Waals surface area contributed by atoms with Crippen LogP contribution in [0.25, 0.3) is 0 Å². The number of hydrogen-bond donors (Lipinski definition) is 0. The molecule has 0 amide bonds. The second-order valence-corrected chi connectivity index (χ2v) is 8.74. The predicted octanol–water partition coefficient (Wildman–Crippen LogP) is 1.64. The molecule has 7 nitrogen and oxygen atoms in total. The third kappa shape index (κ3) is 3.43. The van der Waals surface area contributed by atoms with Crippen molar-refractivity contribution in [2.75, 3.05) is 13.1 Å². The summed E-state index contributed by atoms with van der Waals surface area (Å²) in [6, 6.07) is 7.85. The second kappa shape index (κ2) is 6.83. The number of benzene rings is 1. The first-order valence-corrected chi connectivity index (χ1v) is 10.2. The molecule has 1 saturated carbocycles. The summed E-state index contributed by atoms with van der Waals surface area (Å²) in [7, 11) is 0. The first-order valence-electron chi connectivity index (χ1n) is 9.83. The fraction of sp³-hybridized carbons (Fsp3) is 0.550. The molecule has 2 fully saturated rings. The van der Waals surface area contributed by atoms with Gasteiger partial charge < -0.3 is 4.74 Å². The van der Waals surface area contributed by atoms with Crippen LogP contribution in [0.15, 0.2) is 33.9 Å². The number of fused-ring (bicyclic) bond motifs is 1. The largest absolute Gasteiger partial charge is 0.364 e. The first kappa shape index (κ1) is 18.1. The molecule has 1 atom stereocenters. The van der Waals surface area contributed by atoms with Gasteiger partial charge in [-0.25, -0.2) is 4.68 Å². The molecule has 5 rings (SSSR count). The molecule has 148 valence electrons. The highest BCUT2D eigenvalue weighted by Crippen LogP contribution is 2.32. The highest BCUT2D eigenvalue weighted by atomic mass is 35.5. The Balaban J connectivity index is 1.35. The molecule has 1 aliphatic carbocycles. The normalized spacial score (nSPS) is 24.6. The minimum absolute atomic E-state index is 0.269. The van der Waals surface area contributed by atoms with E-state index < -0.39 is 16.7 Å². The number of rotatable bonds is 4. The highest BCUT2D eigenvalue weighted by molar-refractivity contribution is 6.30. The maximum Gasteiger partial charge on any atom is 0.332 e. The lowest BCUT2D eigenvalue weighted by molar-refractivity contribution is -0.0859. The number of nitrogens with zero attached hydrogens (tertiary/aromatic N) is 4. The van der Waals surface area contributed by atoms with Crippen molar-refractivity contribution in [2.45, 2.75) is 51.1 Å². The van der Waals surface area contributed by atoms with Crippen molar-refractivity contribution >= 4 is 11.6 Å². The van der Waals surface area contributed by atoms with Gasteiger partial charge in [0.15, 0.2) is 5.82 Å². The molecular weight excluding hydrogens is 380 g/mol. The molecule has 2 aromatic rings. The van der Waals surface area contributed by atoms with Gasteiger partial charge in [-0.3, -0.25) is 19.1 Å². The third-order valence-corrected chi connectivity index (χ3v) is 6.22. The molecule has 28 heavy (non-hydrogen) atoms. The summed E-state index contributed by atoms with van der Waals surface area (Å²) >= 11 is 6.09. The van der Waals surface area contributed by atoms with Crippen LogP contribution < -0.4 is 11.1 Å². The zero-order chi connectivity index (χ0) is 19.3. The summed E-state index contributed by atoms with van der Waals surface area (Å²) in [6.45, 7) is 3.58.